The van der Waals surface area contributed by atoms with Crippen molar-refractivity contribution in [2.75, 3.05) is 32.7 Å². The summed E-state index contributed by atoms with van der Waals surface area (Å²) in [6, 6.07) is 7.89. The highest BCUT2D eigenvalue weighted by Gasteiger charge is 2.49. The van der Waals surface area contributed by atoms with Gasteiger partial charge in [-0.15, -0.1) is 11.3 Å². The van der Waals surface area contributed by atoms with Crippen LogP contribution in [0.15, 0.2) is 62.0 Å². The number of nitrogens with zero attached hydrogens (tertiary/aromatic N) is 7. The van der Waals surface area contributed by atoms with E-state index in [1.165, 1.54) is 12.1 Å². The van der Waals surface area contributed by atoms with Crippen LogP contribution >= 0.6 is 22.9 Å². The van der Waals surface area contributed by atoms with Gasteiger partial charge < -0.3 is 20.3 Å². The van der Waals surface area contributed by atoms with Crippen LogP contribution in [0.1, 0.15) is 20.4 Å². The minimum atomic E-state index is -5.41. The lowest BCUT2D eigenvalue weighted by molar-refractivity contribution is -0.213. The highest BCUT2D eigenvalue weighted by molar-refractivity contribution is 7.89. The molecule has 1 aromatic heterocycles. The molecule has 0 saturated carbocycles. The van der Waals surface area contributed by atoms with Crippen molar-refractivity contribution >= 4 is 61.5 Å². The summed E-state index contributed by atoms with van der Waals surface area (Å²) in [5, 5.41) is 20.2. The minimum Gasteiger partial charge on any atom is -0.405 e. The number of thiazole rings is 1. The monoisotopic (exact) mass is 713 g/mol. The third-order valence-corrected chi connectivity index (χ3v) is 10.7. The maximum absolute atomic E-state index is 13.8. The zero-order chi connectivity index (χ0) is 33.6. The number of halogens is 4. The molecule has 21 heteroatoms. The Labute approximate surface area is 272 Å². The Balaban J connectivity index is 1.27. The van der Waals surface area contributed by atoms with Crippen molar-refractivity contribution in [1.82, 2.24) is 24.8 Å². The molecule has 0 aliphatic carbocycles. The zero-order valence-electron chi connectivity index (χ0n) is 23.9. The third kappa shape index (κ3) is 6.68. The van der Waals surface area contributed by atoms with Crippen LogP contribution in [0.4, 0.5) is 13.2 Å². The maximum Gasteiger partial charge on any atom is 0.491 e. The van der Waals surface area contributed by atoms with Gasteiger partial charge in [0.25, 0.3) is 5.91 Å². The molecule has 0 radical (unpaired) electrons. The fourth-order valence-corrected chi connectivity index (χ4v) is 7.85. The number of hydrogen-bond acceptors (Lipinski definition) is 13. The van der Waals surface area contributed by atoms with Gasteiger partial charge in [-0.1, -0.05) is 34.0 Å². The van der Waals surface area contributed by atoms with E-state index < -0.39 is 59.0 Å². The number of fused-ring (bicyclic) bond motifs is 2. The number of amides is 2. The highest BCUT2D eigenvalue weighted by Crippen LogP contribution is 2.30. The molecule has 6 rings (SSSR count). The van der Waals surface area contributed by atoms with Crippen LogP contribution in [-0.4, -0.2) is 91.2 Å². The minimum absolute atomic E-state index is 0.0730. The van der Waals surface area contributed by atoms with E-state index >= 15 is 0 Å². The molecule has 1 saturated heterocycles. The van der Waals surface area contributed by atoms with Crippen LogP contribution < -0.4 is 10.6 Å². The fourth-order valence-electron chi connectivity index (χ4n) is 5.16. The van der Waals surface area contributed by atoms with Crippen LogP contribution in [-0.2, 0) is 37.3 Å². The van der Waals surface area contributed by atoms with Crippen molar-refractivity contribution in [2.45, 2.75) is 35.9 Å². The Kier molecular flexibility index (Phi) is 8.72. The molecular formula is C26H23ClF3N9O6S2. The quantitative estimate of drug-likeness (QED) is 0.350. The summed E-state index contributed by atoms with van der Waals surface area (Å²) < 4.78 is 71.8. The summed E-state index contributed by atoms with van der Waals surface area (Å²) in [4.78, 5) is 45.3. The molecule has 3 aliphatic rings. The number of piperazine rings is 1. The van der Waals surface area contributed by atoms with E-state index in [0.717, 1.165) is 31.1 Å². The molecule has 1 fully saturated rings. The Morgan fingerprint density at radius 1 is 1.11 bits per heavy atom. The Hall–Kier alpha value is -4.11. The summed E-state index contributed by atoms with van der Waals surface area (Å²) in [7, 11) is -4.22. The van der Waals surface area contributed by atoms with Gasteiger partial charge in [0.15, 0.2) is 5.01 Å². The number of benzene rings is 2. The van der Waals surface area contributed by atoms with Crippen LogP contribution in [0.2, 0.25) is 5.02 Å². The smallest absolute Gasteiger partial charge is 0.405 e. The number of ether oxygens (including phenoxy) is 1. The molecule has 2 N–H and O–H groups in total. The Morgan fingerprint density at radius 2 is 1.83 bits per heavy atom. The first-order chi connectivity index (χ1) is 22.3. The second kappa shape index (κ2) is 12.5. The van der Waals surface area contributed by atoms with Crippen LogP contribution in [0, 0.1) is 0 Å². The van der Waals surface area contributed by atoms with E-state index in [0.29, 0.717) is 35.3 Å². The van der Waals surface area contributed by atoms with E-state index in [1.807, 2.05) is 0 Å². The van der Waals surface area contributed by atoms with E-state index in [4.69, 9.17) is 11.6 Å². The normalized spacial score (nSPS) is 19.5. The number of rotatable bonds is 7. The molecule has 248 valence electrons. The van der Waals surface area contributed by atoms with Gasteiger partial charge in [0.1, 0.15) is 12.6 Å². The highest BCUT2D eigenvalue weighted by atomic mass is 35.5. The van der Waals surface area contributed by atoms with E-state index in [1.54, 1.807) is 24.3 Å². The number of aromatic nitrogens is 1. The molecule has 3 aliphatic heterocycles. The van der Waals surface area contributed by atoms with Crippen molar-refractivity contribution in [3.05, 3.63) is 57.0 Å². The van der Waals surface area contributed by atoms with Gasteiger partial charge in [-0.2, -0.15) is 17.5 Å². The average molecular weight is 714 g/mol. The first-order valence-electron chi connectivity index (χ1n) is 13.9. The van der Waals surface area contributed by atoms with Gasteiger partial charge in [0, 0.05) is 49.0 Å². The van der Waals surface area contributed by atoms with Crippen molar-refractivity contribution in [3.63, 3.8) is 0 Å². The SMILES string of the molecule is O=C(NCC1(OC(=O)C(F)(F)F)N=NN=N1)C1CN(S(=O)(=O)c2ccc3cc(Cl)ccc3c2)CCN1C(=O)c1nc2c(s1)CNCC2. The van der Waals surface area contributed by atoms with E-state index in [2.05, 4.69) is 41.0 Å². The van der Waals surface area contributed by atoms with Gasteiger partial charge in [-0.05, 0) is 45.5 Å². The number of sulfonamides is 1. The lowest BCUT2D eigenvalue weighted by atomic mass is 10.1. The number of alkyl halides is 3. The first-order valence-corrected chi connectivity index (χ1v) is 16.5. The number of carbonyl (C=O) groups is 3. The number of hydrogen-bond donors (Lipinski definition) is 2. The van der Waals surface area contributed by atoms with Gasteiger partial charge in [0.2, 0.25) is 15.9 Å². The summed E-state index contributed by atoms with van der Waals surface area (Å²) >= 11 is 7.19. The van der Waals surface area contributed by atoms with Gasteiger partial charge in [-0.25, -0.2) is 18.2 Å². The van der Waals surface area contributed by atoms with Gasteiger partial charge >= 0.3 is 18.0 Å². The zero-order valence-corrected chi connectivity index (χ0v) is 26.3. The molecule has 0 bridgehead atoms. The number of carbonyl (C=O) groups excluding carboxylic acids is 3. The average Bonchev–Trinajstić information content (AvgIpc) is 3.70. The van der Waals surface area contributed by atoms with Crippen molar-refractivity contribution in [3.8, 4) is 0 Å². The summed E-state index contributed by atoms with van der Waals surface area (Å²) in [6.45, 7) is -0.701. The third-order valence-electron chi connectivity index (χ3n) is 7.53. The first kappa shape index (κ1) is 32.8. The summed E-state index contributed by atoms with van der Waals surface area (Å²) in [6.07, 6.45) is -4.82. The number of nitrogens with one attached hydrogen (secondary N) is 2. The van der Waals surface area contributed by atoms with Crippen LogP contribution in [0.25, 0.3) is 10.8 Å². The summed E-state index contributed by atoms with van der Waals surface area (Å²) in [5.41, 5.74) is 0.738. The van der Waals surface area contributed by atoms with Crippen molar-refractivity contribution in [1.29, 1.82) is 0 Å². The largest absolute Gasteiger partial charge is 0.491 e. The molecule has 2 aromatic carbocycles. The Bertz CT molecular complexity index is 1900. The molecule has 1 unspecified atom stereocenters. The van der Waals surface area contributed by atoms with Crippen molar-refractivity contribution in [2.24, 2.45) is 20.7 Å². The van der Waals surface area contributed by atoms with Gasteiger partial charge in [0.05, 0.1) is 10.6 Å². The molecule has 0 spiro atoms. The molecular weight excluding hydrogens is 691 g/mol. The van der Waals surface area contributed by atoms with Gasteiger partial charge in [-0.3, -0.25) is 9.59 Å². The molecule has 2 amide bonds. The number of esters is 1. The molecule has 15 nitrogen and oxygen atoms in total. The lowest BCUT2D eigenvalue weighted by Crippen LogP contribution is -2.62. The fraction of sp³-hybridized carbons (Fsp3) is 0.385. The summed E-state index contributed by atoms with van der Waals surface area (Å²) in [5.74, 6) is -6.94. The van der Waals surface area contributed by atoms with Crippen LogP contribution in [0.5, 0.6) is 0 Å². The standard InChI is InChI=1S/C26H23ClF3N9O6S2/c27-16-3-1-15-10-17(4-2-14(15)9-16)47(43,44)38-7-8-39(23(41)22-33-18-5-6-31-11-20(18)46-22)19(12-38)21(40)32-13-25(34-36-37-35-25)45-24(42)26(28,29)30/h1-4,9-10,19,31H,5-8,11-13H2,(H,32,40). The second-order valence-electron chi connectivity index (χ2n) is 10.6. The molecule has 3 aromatic rings. The topological polar surface area (TPSA) is 187 Å². The van der Waals surface area contributed by atoms with E-state index in [9.17, 15) is 36.0 Å². The maximum atomic E-state index is 13.8. The van der Waals surface area contributed by atoms with Crippen LogP contribution in [0.3, 0.4) is 0 Å². The second-order valence-corrected chi connectivity index (χ2v) is 14.0. The van der Waals surface area contributed by atoms with Crippen molar-refractivity contribution < 1.29 is 40.7 Å². The molecule has 4 heterocycles. The molecule has 47 heavy (non-hydrogen) atoms. The molecule has 1 atom stereocenters. The lowest BCUT2D eigenvalue weighted by Gasteiger charge is -2.39. The Morgan fingerprint density at radius 3 is 2.55 bits per heavy atom. The predicted octanol–water partition coefficient (Wildman–Crippen LogP) is 2.82. The van der Waals surface area contributed by atoms with E-state index in [-0.39, 0.29) is 23.0 Å². The predicted molar refractivity (Wildman–Crippen MR) is 158 cm³/mol.